The summed E-state index contributed by atoms with van der Waals surface area (Å²) in [5, 5.41) is 3.53. The molecule has 4 aromatic rings. The zero-order chi connectivity index (χ0) is 20.5. The molecule has 0 spiro atoms. The number of carbonyl (C=O) groups is 1. The van der Waals surface area contributed by atoms with E-state index in [0.717, 1.165) is 41.2 Å². The number of imidazole rings is 1. The van der Waals surface area contributed by atoms with Gasteiger partial charge in [-0.3, -0.25) is 9.36 Å². The maximum absolute atomic E-state index is 13.1. The molecule has 1 amide bonds. The summed E-state index contributed by atoms with van der Waals surface area (Å²) in [4.78, 5) is 19.8. The number of rotatable bonds is 4. The molecule has 1 aliphatic heterocycles. The van der Waals surface area contributed by atoms with E-state index in [0.29, 0.717) is 12.1 Å². The van der Waals surface area contributed by atoms with Gasteiger partial charge in [-0.05, 0) is 55.8 Å². The van der Waals surface area contributed by atoms with E-state index in [9.17, 15) is 4.79 Å². The van der Waals surface area contributed by atoms with Crippen molar-refractivity contribution in [3.05, 3.63) is 90.3 Å². The SMILES string of the molecule is Cc1nc2cc(C(=O)N3CCC(Nc4ccccc4)C3)ccc2n1-c1ccccc1. The third-order valence-corrected chi connectivity index (χ3v) is 5.70. The molecule has 30 heavy (non-hydrogen) atoms. The Labute approximate surface area is 176 Å². The molecule has 1 aliphatic rings. The standard InChI is InChI=1S/C25H24N4O/c1-18-26-23-16-19(12-13-24(23)29(18)22-10-6-3-7-11-22)25(30)28-15-14-21(17-28)27-20-8-4-2-5-9-20/h2-13,16,21,27H,14-15,17H2,1H3. The summed E-state index contributed by atoms with van der Waals surface area (Å²) in [6.07, 6.45) is 0.949. The van der Waals surface area contributed by atoms with E-state index >= 15 is 0 Å². The largest absolute Gasteiger partial charge is 0.380 e. The van der Waals surface area contributed by atoms with E-state index < -0.39 is 0 Å². The molecule has 1 N–H and O–H groups in total. The summed E-state index contributed by atoms with van der Waals surface area (Å²) >= 11 is 0. The van der Waals surface area contributed by atoms with Crippen LogP contribution in [0.2, 0.25) is 0 Å². The highest BCUT2D eigenvalue weighted by molar-refractivity contribution is 5.98. The van der Waals surface area contributed by atoms with Crippen LogP contribution in [0.15, 0.2) is 78.9 Å². The van der Waals surface area contributed by atoms with Crippen LogP contribution in [-0.4, -0.2) is 39.5 Å². The van der Waals surface area contributed by atoms with Gasteiger partial charge >= 0.3 is 0 Å². The van der Waals surface area contributed by atoms with Crippen molar-refractivity contribution in [1.29, 1.82) is 0 Å². The predicted octanol–water partition coefficient (Wildman–Crippen LogP) is 4.66. The lowest BCUT2D eigenvalue weighted by Gasteiger charge is -2.18. The molecule has 1 unspecified atom stereocenters. The molecular weight excluding hydrogens is 372 g/mol. The Bertz CT molecular complexity index is 1180. The Hall–Kier alpha value is -3.60. The van der Waals surface area contributed by atoms with Gasteiger partial charge in [0.25, 0.3) is 5.91 Å². The highest BCUT2D eigenvalue weighted by Gasteiger charge is 2.27. The number of nitrogens with zero attached hydrogens (tertiary/aromatic N) is 3. The number of hydrogen-bond donors (Lipinski definition) is 1. The summed E-state index contributed by atoms with van der Waals surface area (Å²) < 4.78 is 2.12. The summed E-state index contributed by atoms with van der Waals surface area (Å²) in [7, 11) is 0. The van der Waals surface area contributed by atoms with Crippen molar-refractivity contribution < 1.29 is 4.79 Å². The number of hydrogen-bond acceptors (Lipinski definition) is 3. The van der Waals surface area contributed by atoms with E-state index in [2.05, 4.69) is 34.1 Å². The topological polar surface area (TPSA) is 50.2 Å². The Morgan fingerprint density at radius 3 is 2.50 bits per heavy atom. The van der Waals surface area contributed by atoms with Crippen LogP contribution in [0.25, 0.3) is 16.7 Å². The van der Waals surface area contributed by atoms with Gasteiger partial charge in [0.15, 0.2) is 0 Å². The molecule has 1 fully saturated rings. The number of aromatic nitrogens is 2. The second kappa shape index (κ2) is 7.67. The Morgan fingerprint density at radius 1 is 1.00 bits per heavy atom. The number of carbonyl (C=O) groups excluding carboxylic acids is 1. The number of benzene rings is 3. The maximum atomic E-state index is 13.1. The lowest BCUT2D eigenvalue weighted by molar-refractivity contribution is 0.0792. The van der Waals surface area contributed by atoms with Crippen molar-refractivity contribution >= 4 is 22.6 Å². The van der Waals surface area contributed by atoms with Crippen LogP contribution < -0.4 is 5.32 Å². The van der Waals surface area contributed by atoms with Gasteiger partial charge in [0, 0.05) is 36.1 Å². The summed E-state index contributed by atoms with van der Waals surface area (Å²) in [5.41, 5.74) is 4.73. The fourth-order valence-corrected chi connectivity index (χ4v) is 4.25. The Kier molecular flexibility index (Phi) is 4.71. The van der Waals surface area contributed by atoms with Gasteiger partial charge < -0.3 is 10.2 Å². The van der Waals surface area contributed by atoms with Crippen LogP contribution >= 0.6 is 0 Å². The zero-order valence-corrected chi connectivity index (χ0v) is 17.0. The highest BCUT2D eigenvalue weighted by Crippen LogP contribution is 2.24. The normalized spacial score (nSPS) is 16.2. The minimum atomic E-state index is 0.0705. The number of nitrogens with one attached hydrogen (secondary N) is 1. The molecule has 5 rings (SSSR count). The monoisotopic (exact) mass is 396 g/mol. The average Bonchev–Trinajstić information content (AvgIpc) is 3.37. The fourth-order valence-electron chi connectivity index (χ4n) is 4.25. The molecular formula is C25H24N4O. The Morgan fingerprint density at radius 2 is 1.73 bits per heavy atom. The zero-order valence-electron chi connectivity index (χ0n) is 17.0. The van der Waals surface area contributed by atoms with Crippen molar-refractivity contribution in [2.24, 2.45) is 0 Å². The molecule has 2 heterocycles. The van der Waals surface area contributed by atoms with Gasteiger partial charge in [0.2, 0.25) is 0 Å². The molecule has 0 bridgehead atoms. The number of anilines is 1. The summed E-state index contributed by atoms with van der Waals surface area (Å²) in [6, 6.07) is 26.5. The van der Waals surface area contributed by atoms with Gasteiger partial charge in [0.1, 0.15) is 5.82 Å². The van der Waals surface area contributed by atoms with Crippen molar-refractivity contribution in [3.63, 3.8) is 0 Å². The van der Waals surface area contributed by atoms with Crippen LogP contribution in [0.1, 0.15) is 22.6 Å². The smallest absolute Gasteiger partial charge is 0.254 e. The van der Waals surface area contributed by atoms with Crippen molar-refractivity contribution in [1.82, 2.24) is 14.5 Å². The minimum absolute atomic E-state index is 0.0705. The predicted molar refractivity (Wildman–Crippen MR) is 120 cm³/mol. The van der Waals surface area contributed by atoms with E-state index in [4.69, 9.17) is 4.98 Å². The van der Waals surface area contributed by atoms with Crippen LogP contribution in [0, 0.1) is 6.92 Å². The third kappa shape index (κ3) is 3.43. The number of amides is 1. The van der Waals surface area contributed by atoms with Crippen LogP contribution in [-0.2, 0) is 0 Å². The first-order valence-electron chi connectivity index (χ1n) is 10.3. The first kappa shape index (κ1) is 18.4. The molecule has 5 heteroatoms. The quantitative estimate of drug-likeness (QED) is 0.546. The summed E-state index contributed by atoms with van der Waals surface area (Å²) in [5.74, 6) is 0.982. The number of fused-ring (bicyclic) bond motifs is 1. The van der Waals surface area contributed by atoms with E-state index in [1.54, 1.807) is 0 Å². The lowest BCUT2D eigenvalue weighted by Crippen LogP contribution is -2.31. The lowest BCUT2D eigenvalue weighted by atomic mass is 10.1. The molecule has 0 aliphatic carbocycles. The molecule has 5 nitrogen and oxygen atoms in total. The molecule has 1 aromatic heterocycles. The van der Waals surface area contributed by atoms with E-state index in [1.165, 1.54) is 0 Å². The fraction of sp³-hybridized carbons (Fsp3) is 0.200. The van der Waals surface area contributed by atoms with Gasteiger partial charge in [-0.1, -0.05) is 36.4 Å². The van der Waals surface area contributed by atoms with Crippen LogP contribution in [0.5, 0.6) is 0 Å². The van der Waals surface area contributed by atoms with Crippen molar-refractivity contribution in [2.75, 3.05) is 18.4 Å². The molecule has 1 atom stereocenters. The second-order valence-corrected chi connectivity index (χ2v) is 7.78. The third-order valence-electron chi connectivity index (χ3n) is 5.70. The molecule has 1 saturated heterocycles. The second-order valence-electron chi connectivity index (χ2n) is 7.78. The van der Waals surface area contributed by atoms with Gasteiger partial charge in [-0.2, -0.15) is 0 Å². The van der Waals surface area contributed by atoms with Crippen molar-refractivity contribution in [2.45, 2.75) is 19.4 Å². The van der Waals surface area contributed by atoms with Crippen LogP contribution in [0.3, 0.4) is 0 Å². The first-order valence-corrected chi connectivity index (χ1v) is 10.3. The summed E-state index contributed by atoms with van der Waals surface area (Å²) in [6.45, 7) is 3.47. The molecule has 150 valence electrons. The average molecular weight is 396 g/mol. The van der Waals surface area contributed by atoms with Gasteiger partial charge in [0.05, 0.1) is 11.0 Å². The van der Waals surface area contributed by atoms with E-state index in [1.807, 2.05) is 66.4 Å². The molecule has 0 radical (unpaired) electrons. The van der Waals surface area contributed by atoms with Gasteiger partial charge in [-0.25, -0.2) is 4.98 Å². The minimum Gasteiger partial charge on any atom is -0.380 e. The number of likely N-dealkylation sites (tertiary alicyclic amines) is 1. The number of para-hydroxylation sites is 2. The van der Waals surface area contributed by atoms with Crippen molar-refractivity contribution in [3.8, 4) is 5.69 Å². The van der Waals surface area contributed by atoms with Gasteiger partial charge in [-0.15, -0.1) is 0 Å². The highest BCUT2D eigenvalue weighted by atomic mass is 16.2. The Balaban J connectivity index is 1.36. The van der Waals surface area contributed by atoms with E-state index in [-0.39, 0.29) is 11.9 Å². The number of aryl methyl sites for hydroxylation is 1. The first-order chi connectivity index (χ1) is 14.7. The van der Waals surface area contributed by atoms with Crippen LogP contribution in [0.4, 0.5) is 5.69 Å². The maximum Gasteiger partial charge on any atom is 0.254 e. The molecule has 0 saturated carbocycles. The molecule has 3 aromatic carbocycles.